The van der Waals surface area contributed by atoms with Gasteiger partial charge in [-0.2, -0.15) is 0 Å². The third-order valence-electron chi connectivity index (χ3n) is 3.31. The van der Waals surface area contributed by atoms with E-state index < -0.39 is 17.7 Å². The molecule has 0 saturated carbocycles. The number of rotatable bonds is 6. The maximum atomic E-state index is 13.4. The lowest BCUT2D eigenvalue weighted by Crippen LogP contribution is -2.36. The van der Waals surface area contributed by atoms with E-state index >= 15 is 0 Å². The molecule has 0 aromatic heterocycles. The van der Waals surface area contributed by atoms with Crippen molar-refractivity contribution in [3.8, 4) is 5.75 Å². The number of nitrogens with one attached hydrogen (secondary N) is 2. The SMILES string of the molecule is COc1ccc(CCNC(=O)NCc2cc(F)ccc2F)cc1. The topological polar surface area (TPSA) is 50.4 Å². The van der Waals surface area contributed by atoms with Gasteiger partial charge in [0.15, 0.2) is 0 Å². The highest BCUT2D eigenvalue weighted by atomic mass is 19.1. The van der Waals surface area contributed by atoms with Crippen LogP contribution in [0.1, 0.15) is 11.1 Å². The molecule has 2 N–H and O–H groups in total. The van der Waals surface area contributed by atoms with Gasteiger partial charge in [0.1, 0.15) is 17.4 Å². The van der Waals surface area contributed by atoms with Crippen molar-refractivity contribution in [2.24, 2.45) is 0 Å². The number of hydrogen-bond donors (Lipinski definition) is 2. The molecule has 2 aromatic carbocycles. The van der Waals surface area contributed by atoms with Crippen LogP contribution in [0.25, 0.3) is 0 Å². The zero-order valence-corrected chi connectivity index (χ0v) is 12.7. The molecule has 0 saturated heterocycles. The third-order valence-corrected chi connectivity index (χ3v) is 3.31. The molecule has 0 fully saturated rings. The van der Waals surface area contributed by atoms with Crippen molar-refractivity contribution in [3.05, 3.63) is 65.2 Å². The number of benzene rings is 2. The summed E-state index contributed by atoms with van der Waals surface area (Å²) in [4.78, 5) is 11.6. The molecule has 0 heterocycles. The largest absolute Gasteiger partial charge is 0.497 e. The van der Waals surface area contributed by atoms with Crippen LogP contribution in [0.15, 0.2) is 42.5 Å². The van der Waals surface area contributed by atoms with Crippen LogP contribution in [0.5, 0.6) is 5.75 Å². The lowest BCUT2D eigenvalue weighted by Gasteiger charge is -2.09. The summed E-state index contributed by atoms with van der Waals surface area (Å²) in [6.45, 7) is 0.363. The number of halogens is 2. The Morgan fingerprint density at radius 3 is 2.52 bits per heavy atom. The predicted molar refractivity (Wildman–Crippen MR) is 83.3 cm³/mol. The second-order valence-corrected chi connectivity index (χ2v) is 4.94. The van der Waals surface area contributed by atoms with Crippen LogP contribution < -0.4 is 15.4 Å². The normalized spacial score (nSPS) is 10.2. The summed E-state index contributed by atoms with van der Waals surface area (Å²) < 4.78 is 31.5. The molecule has 0 radical (unpaired) electrons. The van der Waals surface area contributed by atoms with Crippen molar-refractivity contribution in [2.75, 3.05) is 13.7 Å². The minimum absolute atomic E-state index is 0.0715. The number of carbonyl (C=O) groups is 1. The van der Waals surface area contributed by atoms with Crippen LogP contribution in [0.2, 0.25) is 0 Å². The molecule has 2 rings (SSSR count). The first-order valence-electron chi connectivity index (χ1n) is 7.17. The van der Waals surface area contributed by atoms with E-state index in [0.717, 1.165) is 29.5 Å². The molecule has 2 amide bonds. The van der Waals surface area contributed by atoms with Gasteiger partial charge in [0.25, 0.3) is 0 Å². The molecule has 2 aromatic rings. The van der Waals surface area contributed by atoms with E-state index in [1.807, 2.05) is 24.3 Å². The summed E-state index contributed by atoms with van der Waals surface area (Å²) in [6, 6.07) is 10.2. The van der Waals surface area contributed by atoms with Gasteiger partial charge in [0.05, 0.1) is 7.11 Å². The minimum atomic E-state index is -0.551. The first kappa shape index (κ1) is 16.7. The third kappa shape index (κ3) is 5.25. The standard InChI is InChI=1S/C17H18F2N2O2/c1-23-15-5-2-12(3-6-15)8-9-20-17(22)21-11-13-10-14(18)4-7-16(13)19/h2-7,10H,8-9,11H2,1H3,(H2,20,21,22). The fourth-order valence-corrected chi connectivity index (χ4v) is 2.03. The Bertz CT molecular complexity index is 660. The van der Waals surface area contributed by atoms with Gasteiger partial charge in [0, 0.05) is 18.7 Å². The highest BCUT2D eigenvalue weighted by molar-refractivity contribution is 5.73. The smallest absolute Gasteiger partial charge is 0.315 e. The molecule has 0 spiro atoms. The van der Waals surface area contributed by atoms with Gasteiger partial charge in [0.2, 0.25) is 0 Å². The Labute approximate surface area is 133 Å². The summed E-state index contributed by atoms with van der Waals surface area (Å²) in [6.07, 6.45) is 0.658. The first-order valence-corrected chi connectivity index (χ1v) is 7.17. The van der Waals surface area contributed by atoms with Crippen LogP contribution in [-0.2, 0) is 13.0 Å². The molecule has 6 heteroatoms. The number of carbonyl (C=O) groups excluding carboxylic acids is 1. The zero-order valence-electron chi connectivity index (χ0n) is 12.7. The monoisotopic (exact) mass is 320 g/mol. The Morgan fingerprint density at radius 2 is 1.83 bits per heavy atom. The van der Waals surface area contributed by atoms with Gasteiger partial charge in [-0.15, -0.1) is 0 Å². The zero-order chi connectivity index (χ0) is 16.7. The van der Waals surface area contributed by atoms with Crippen molar-refractivity contribution >= 4 is 6.03 Å². The molecular formula is C17H18F2N2O2. The number of hydrogen-bond acceptors (Lipinski definition) is 2. The molecule has 0 atom stereocenters. The van der Waals surface area contributed by atoms with Gasteiger partial charge in [-0.3, -0.25) is 0 Å². The fourth-order valence-electron chi connectivity index (χ4n) is 2.03. The van der Waals surface area contributed by atoms with Crippen molar-refractivity contribution < 1.29 is 18.3 Å². The van der Waals surface area contributed by atoms with Gasteiger partial charge in [-0.25, -0.2) is 13.6 Å². The molecule has 4 nitrogen and oxygen atoms in total. The van der Waals surface area contributed by atoms with Crippen LogP contribution in [0.4, 0.5) is 13.6 Å². The van der Waals surface area contributed by atoms with Gasteiger partial charge >= 0.3 is 6.03 Å². The van der Waals surface area contributed by atoms with Gasteiger partial charge in [-0.05, 0) is 42.3 Å². The molecule has 0 aliphatic rings. The number of amides is 2. The molecule has 0 aliphatic carbocycles. The number of urea groups is 1. The number of ether oxygens (including phenoxy) is 1. The molecule has 122 valence electrons. The molecule has 0 bridgehead atoms. The average molecular weight is 320 g/mol. The van der Waals surface area contributed by atoms with Crippen molar-refractivity contribution in [1.82, 2.24) is 10.6 Å². The van der Waals surface area contributed by atoms with E-state index in [9.17, 15) is 13.6 Å². The maximum Gasteiger partial charge on any atom is 0.315 e. The Balaban J connectivity index is 1.73. The fraction of sp³-hybridized carbons (Fsp3) is 0.235. The summed E-state index contributed by atoms with van der Waals surface area (Å²) in [7, 11) is 1.60. The first-order chi connectivity index (χ1) is 11.1. The molecular weight excluding hydrogens is 302 g/mol. The van der Waals surface area contributed by atoms with Crippen LogP contribution in [-0.4, -0.2) is 19.7 Å². The highest BCUT2D eigenvalue weighted by Crippen LogP contribution is 2.11. The van der Waals surface area contributed by atoms with E-state index in [2.05, 4.69) is 10.6 Å². The van der Waals surface area contributed by atoms with Crippen molar-refractivity contribution in [1.29, 1.82) is 0 Å². The number of methoxy groups -OCH3 is 1. The van der Waals surface area contributed by atoms with Crippen molar-refractivity contribution in [2.45, 2.75) is 13.0 Å². The second kappa shape index (κ2) is 8.12. The molecule has 23 heavy (non-hydrogen) atoms. The highest BCUT2D eigenvalue weighted by Gasteiger charge is 2.06. The van der Waals surface area contributed by atoms with E-state index in [4.69, 9.17) is 4.74 Å². The van der Waals surface area contributed by atoms with E-state index in [0.29, 0.717) is 13.0 Å². The summed E-state index contributed by atoms with van der Waals surface area (Å²) in [5.41, 5.74) is 1.16. The lowest BCUT2D eigenvalue weighted by atomic mass is 10.1. The van der Waals surface area contributed by atoms with Crippen LogP contribution in [0.3, 0.4) is 0 Å². The van der Waals surface area contributed by atoms with E-state index in [1.54, 1.807) is 7.11 Å². The quantitative estimate of drug-likeness (QED) is 0.859. The van der Waals surface area contributed by atoms with Crippen LogP contribution >= 0.6 is 0 Å². The van der Waals surface area contributed by atoms with Gasteiger partial charge in [-0.1, -0.05) is 12.1 Å². The van der Waals surface area contributed by atoms with Gasteiger partial charge < -0.3 is 15.4 Å². The summed E-state index contributed by atoms with van der Waals surface area (Å²) >= 11 is 0. The van der Waals surface area contributed by atoms with E-state index in [-0.39, 0.29) is 12.1 Å². The van der Waals surface area contributed by atoms with Crippen molar-refractivity contribution in [3.63, 3.8) is 0 Å². The average Bonchev–Trinajstić information content (AvgIpc) is 2.56. The Hall–Kier alpha value is -2.63. The summed E-state index contributed by atoms with van der Waals surface area (Å²) in [5, 5.41) is 5.16. The second-order valence-electron chi connectivity index (χ2n) is 4.94. The summed E-state index contributed by atoms with van der Waals surface area (Å²) in [5.74, 6) is -0.315. The lowest BCUT2D eigenvalue weighted by molar-refractivity contribution is 0.240. The molecule has 0 unspecified atom stereocenters. The molecule has 0 aliphatic heterocycles. The minimum Gasteiger partial charge on any atom is -0.497 e. The van der Waals surface area contributed by atoms with Crippen LogP contribution in [0, 0.1) is 11.6 Å². The van der Waals surface area contributed by atoms with E-state index in [1.165, 1.54) is 0 Å². The Kier molecular flexibility index (Phi) is 5.91. The maximum absolute atomic E-state index is 13.4. The predicted octanol–water partition coefficient (Wildman–Crippen LogP) is 3.02. The Morgan fingerprint density at radius 1 is 1.09 bits per heavy atom.